The highest BCUT2D eigenvalue weighted by Gasteiger charge is 2.46. The van der Waals surface area contributed by atoms with E-state index in [1.807, 2.05) is 0 Å². The number of alkyl halides is 2. The van der Waals surface area contributed by atoms with Gasteiger partial charge in [-0.15, -0.1) is 0 Å². The number of amides is 1. The quantitative estimate of drug-likeness (QED) is 0.908. The third-order valence-corrected chi connectivity index (χ3v) is 3.86. The van der Waals surface area contributed by atoms with Gasteiger partial charge in [-0.25, -0.2) is 0 Å². The largest absolute Gasteiger partial charge is 0.493 e. The first-order valence-corrected chi connectivity index (χ1v) is 7.51. The maximum atomic E-state index is 14.6. The van der Waals surface area contributed by atoms with Crippen LogP contribution in [0.5, 0.6) is 5.75 Å². The van der Waals surface area contributed by atoms with Crippen LogP contribution in [-0.2, 0) is 10.7 Å². The van der Waals surface area contributed by atoms with Crippen molar-refractivity contribution in [3.8, 4) is 5.75 Å². The number of rotatable bonds is 5. The highest BCUT2D eigenvalue weighted by molar-refractivity contribution is 5.85. The van der Waals surface area contributed by atoms with Crippen molar-refractivity contribution in [2.45, 2.75) is 25.7 Å². The van der Waals surface area contributed by atoms with Crippen LogP contribution in [-0.4, -0.2) is 42.2 Å². The lowest BCUT2D eigenvalue weighted by molar-refractivity contribution is -0.161. The molecule has 1 heterocycles. The van der Waals surface area contributed by atoms with Gasteiger partial charge in [0.15, 0.2) is 0 Å². The van der Waals surface area contributed by atoms with Gasteiger partial charge in [0.25, 0.3) is 5.91 Å². The van der Waals surface area contributed by atoms with Crippen molar-refractivity contribution < 1.29 is 23.4 Å². The molecule has 22 heavy (non-hydrogen) atoms. The molecule has 1 amide bonds. The Morgan fingerprint density at radius 1 is 1.45 bits per heavy atom. The maximum absolute atomic E-state index is 14.6. The number of carbonyl (C=O) groups is 1. The van der Waals surface area contributed by atoms with E-state index in [1.165, 1.54) is 18.2 Å². The number of hydrogen-bond acceptors (Lipinski definition) is 3. The molecule has 1 fully saturated rings. The predicted octanol–water partition coefficient (Wildman–Crippen LogP) is 2.41. The molecule has 6 heteroatoms. The van der Waals surface area contributed by atoms with Crippen LogP contribution >= 0.6 is 0 Å². The Morgan fingerprint density at radius 3 is 2.86 bits per heavy atom. The van der Waals surface area contributed by atoms with Crippen molar-refractivity contribution in [2.24, 2.45) is 5.92 Å². The molecule has 2 rings (SSSR count). The molecule has 1 aliphatic rings. The fourth-order valence-electron chi connectivity index (χ4n) is 2.72. The van der Waals surface area contributed by atoms with E-state index < -0.39 is 17.4 Å². The first-order chi connectivity index (χ1) is 10.5. The highest BCUT2D eigenvalue weighted by atomic mass is 19.3. The number of piperidine rings is 1. The molecule has 1 aliphatic heterocycles. The standard InChI is InChI=1S/C16H21F2NO3/c1-2-22-14-8-4-3-7-13(14)16(17,18)15(21)19-9-5-6-12(10-19)11-20/h3-4,7-8,12,20H,2,5-6,9-11H2,1H3. The van der Waals surface area contributed by atoms with Gasteiger partial charge >= 0.3 is 5.92 Å². The molecule has 122 valence electrons. The van der Waals surface area contributed by atoms with Crippen LogP contribution in [0.1, 0.15) is 25.3 Å². The first kappa shape index (κ1) is 16.7. The van der Waals surface area contributed by atoms with Gasteiger partial charge in [0, 0.05) is 19.7 Å². The van der Waals surface area contributed by atoms with Crippen LogP contribution < -0.4 is 4.74 Å². The number of para-hydroxylation sites is 1. The van der Waals surface area contributed by atoms with E-state index in [0.29, 0.717) is 13.0 Å². The number of benzene rings is 1. The van der Waals surface area contributed by atoms with E-state index in [0.717, 1.165) is 11.3 Å². The Labute approximate surface area is 128 Å². The van der Waals surface area contributed by atoms with Gasteiger partial charge in [-0.05, 0) is 37.8 Å². The molecule has 1 saturated heterocycles. The van der Waals surface area contributed by atoms with Crippen LogP contribution in [0.3, 0.4) is 0 Å². The number of carbonyl (C=O) groups excluding carboxylic acids is 1. The summed E-state index contributed by atoms with van der Waals surface area (Å²) in [5.41, 5.74) is -0.409. The highest BCUT2D eigenvalue weighted by Crippen LogP contribution is 2.37. The van der Waals surface area contributed by atoms with E-state index in [1.54, 1.807) is 13.0 Å². The molecule has 1 aromatic rings. The number of aliphatic hydroxyl groups excluding tert-OH is 1. The Morgan fingerprint density at radius 2 is 2.18 bits per heavy atom. The zero-order chi connectivity index (χ0) is 16.2. The summed E-state index contributed by atoms with van der Waals surface area (Å²) in [5.74, 6) is -4.96. The minimum absolute atomic E-state index is 0.0269. The molecule has 1 atom stereocenters. The number of halogens is 2. The Balaban J connectivity index is 2.23. The van der Waals surface area contributed by atoms with E-state index >= 15 is 0 Å². The van der Waals surface area contributed by atoms with Crippen LogP contribution in [0.4, 0.5) is 8.78 Å². The number of nitrogens with zero attached hydrogens (tertiary/aromatic N) is 1. The van der Waals surface area contributed by atoms with E-state index in [-0.39, 0.29) is 31.4 Å². The summed E-state index contributed by atoms with van der Waals surface area (Å²) < 4.78 is 34.4. The predicted molar refractivity (Wildman–Crippen MR) is 77.9 cm³/mol. The van der Waals surface area contributed by atoms with Crippen molar-refractivity contribution in [1.29, 1.82) is 0 Å². The summed E-state index contributed by atoms with van der Waals surface area (Å²) in [6, 6.07) is 5.71. The van der Waals surface area contributed by atoms with Gasteiger partial charge in [-0.1, -0.05) is 12.1 Å². The summed E-state index contributed by atoms with van der Waals surface area (Å²) in [4.78, 5) is 13.4. The summed E-state index contributed by atoms with van der Waals surface area (Å²) >= 11 is 0. The number of aliphatic hydroxyl groups is 1. The van der Waals surface area contributed by atoms with Crippen molar-refractivity contribution in [3.63, 3.8) is 0 Å². The fraction of sp³-hybridized carbons (Fsp3) is 0.562. The zero-order valence-corrected chi connectivity index (χ0v) is 12.6. The molecule has 0 bridgehead atoms. The van der Waals surface area contributed by atoms with E-state index in [9.17, 15) is 18.7 Å². The van der Waals surface area contributed by atoms with Crippen LogP contribution in [0.25, 0.3) is 0 Å². The molecule has 4 nitrogen and oxygen atoms in total. The minimum Gasteiger partial charge on any atom is -0.493 e. The second-order valence-corrected chi connectivity index (χ2v) is 5.45. The summed E-state index contributed by atoms with van der Waals surface area (Å²) in [5, 5.41) is 9.18. The van der Waals surface area contributed by atoms with Crippen LogP contribution in [0, 0.1) is 5.92 Å². The van der Waals surface area contributed by atoms with E-state index in [4.69, 9.17) is 4.74 Å². The Kier molecular flexibility index (Phi) is 5.34. The lowest BCUT2D eigenvalue weighted by Gasteiger charge is -2.34. The summed E-state index contributed by atoms with van der Waals surface area (Å²) in [6.07, 6.45) is 1.38. The summed E-state index contributed by atoms with van der Waals surface area (Å²) in [6.45, 7) is 2.32. The first-order valence-electron chi connectivity index (χ1n) is 7.51. The second kappa shape index (κ2) is 7.05. The van der Waals surface area contributed by atoms with Crippen LogP contribution in [0.2, 0.25) is 0 Å². The third kappa shape index (κ3) is 3.38. The molecule has 1 unspecified atom stereocenters. The lowest BCUT2D eigenvalue weighted by atomic mass is 9.97. The van der Waals surface area contributed by atoms with Gasteiger partial charge in [-0.2, -0.15) is 8.78 Å². The van der Waals surface area contributed by atoms with Crippen molar-refractivity contribution in [1.82, 2.24) is 4.90 Å². The number of hydrogen-bond donors (Lipinski definition) is 1. The normalized spacial score (nSPS) is 19.1. The fourth-order valence-corrected chi connectivity index (χ4v) is 2.72. The van der Waals surface area contributed by atoms with Crippen LogP contribution in [0.15, 0.2) is 24.3 Å². The molecule has 0 saturated carbocycles. The Hall–Kier alpha value is -1.69. The molecule has 0 radical (unpaired) electrons. The molecule has 0 aliphatic carbocycles. The van der Waals surface area contributed by atoms with Crippen molar-refractivity contribution in [2.75, 3.05) is 26.3 Å². The topological polar surface area (TPSA) is 49.8 Å². The smallest absolute Gasteiger partial charge is 0.353 e. The average molecular weight is 313 g/mol. The molecule has 1 aromatic carbocycles. The van der Waals surface area contributed by atoms with Crippen molar-refractivity contribution in [3.05, 3.63) is 29.8 Å². The van der Waals surface area contributed by atoms with E-state index in [2.05, 4.69) is 0 Å². The molecule has 0 spiro atoms. The number of likely N-dealkylation sites (tertiary alicyclic amines) is 1. The van der Waals surface area contributed by atoms with Gasteiger partial charge < -0.3 is 14.7 Å². The average Bonchev–Trinajstić information content (AvgIpc) is 2.55. The number of ether oxygens (including phenoxy) is 1. The minimum atomic E-state index is -3.64. The van der Waals surface area contributed by atoms with Gasteiger partial charge in [0.05, 0.1) is 12.2 Å². The monoisotopic (exact) mass is 313 g/mol. The molecule has 0 aromatic heterocycles. The SMILES string of the molecule is CCOc1ccccc1C(F)(F)C(=O)N1CCCC(CO)C1. The molecule has 1 N–H and O–H groups in total. The van der Waals surface area contributed by atoms with Gasteiger partial charge in [0.2, 0.25) is 0 Å². The summed E-state index contributed by atoms with van der Waals surface area (Å²) in [7, 11) is 0. The third-order valence-electron chi connectivity index (χ3n) is 3.86. The van der Waals surface area contributed by atoms with Gasteiger partial charge in [-0.3, -0.25) is 4.79 Å². The lowest BCUT2D eigenvalue weighted by Crippen LogP contribution is -2.47. The zero-order valence-electron chi connectivity index (χ0n) is 12.6. The maximum Gasteiger partial charge on any atom is 0.353 e. The van der Waals surface area contributed by atoms with Gasteiger partial charge in [0.1, 0.15) is 5.75 Å². The molecular formula is C16H21F2NO3. The Bertz CT molecular complexity index is 522. The second-order valence-electron chi connectivity index (χ2n) is 5.45. The molecular weight excluding hydrogens is 292 g/mol. The van der Waals surface area contributed by atoms with Crippen molar-refractivity contribution >= 4 is 5.91 Å².